The SMILES string of the molecule is CCC1CCC(NCc2ccccc2O)C1C. The molecule has 0 amide bonds. The molecule has 0 spiro atoms. The average molecular weight is 233 g/mol. The fourth-order valence-electron chi connectivity index (χ4n) is 3.01. The topological polar surface area (TPSA) is 32.3 Å². The molecule has 1 aromatic carbocycles. The minimum atomic E-state index is 0.401. The lowest BCUT2D eigenvalue weighted by Crippen LogP contribution is -2.32. The Bertz CT molecular complexity index is 364. The van der Waals surface area contributed by atoms with Crippen LogP contribution in [0.4, 0.5) is 0 Å². The van der Waals surface area contributed by atoms with Crippen molar-refractivity contribution in [3.05, 3.63) is 29.8 Å². The second-order valence-corrected chi connectivity index (χ2v) is 5.22. The van der Waals surface area contributed by atoms with Gasteiger partial charge in [0.05, 0.1) is 0 Å². The summed E-state index contributed by atoms with van der Waals surface area (Å²) in [4.78, 5) is 0. The smallest absolute Gasteiger partial charge is 0.120 e. The van der Waals surface area contributed by atoms with Crippen LogP contribution in [0.15, 0.2) is 24.3 Å². The molecule has 1 saturated carbocycles. The zero-order valence-corrected chi connectivity index (χ0v) is 10.8. The van der Waals surface area contributed by atoms with Gasteiger partial charge in [-0.3, -0.25) is 0 Å². The van der Waals surface area contributed by atoms with Crippen molar-refractivity contribution in [2.75, 3.05) is 0 Å². The molecule has 2 heteroatoms. The van der Waals surface area contributed by atoms with Gasteiger partial charge in [0.25, 0.3) is 0 Å². The molecular formula is C15H23NO. The van der Waals surface area contributed by atoms with Gasteiger partial charge in [-0.2, -0.15) is 0 Å². The Hall–Kier alpha value is -1.02. The van der Waals surface area contributed by atoms with Crippen LogP contribution >= 0.6 is 0 Å². The molecule has 2 nitrogen and oxygen atoms in total. The summed E-state index contributed by atoms with van der Waals surface area (Å²) in [5, 5.41) is 13.3. The Labute approximate surface area is 104 Å². The Morgan fingerprint density at radius 3 is 2.71 bits per heavy atom. The third kappa shape index (κ3) is 2.81. The first-order chi connectivity index (χ1) is 8.22. The fourth-order valence-corrected chi connectivity index (χ4v) is 3.01. The molecule has 1 aliphatic carbocycles. The van der Waals surface area contributed by atoms with Gasteiger partial charge >= 0.3 is 0 Å². The average Bonchev–Trinajstić information content (AvgIpc) is 2.69. The minimum absolute atomic E-state index is 0.401. The maximum atomic E-state index is 9.71. The standard InChI is InChI=1S/C15H23NO/c1-3-12-8-9-14(11(12)2)16-10-13-6-4-5-7-15(13)17/h4-7,11-12,14,16-17H,3,8-10H2,1-2H3. The predicted octanol–water partition coefficient (Wildman–Crippen LogP) is 3.31. The van der Waals surface area contributed by atoms with Crippen LogP contribution in [0.25, 0.3) is 0 Å². The van der Waals surface area contributed by atoms with Crippen molar-refractivity contribution in [2.24, 2.45) is 11.8 Å². The summed E-state index contributed by atoms with van der Waals surface area (Å²) in [6.45, 7) is 5.41. The van der Waals surface area contributed by atoms with Crippen LogP contribution in [0.3, 0.4) is 0 Å². The first-order valence-corrected chi connectivity index (χ1v) is 6.72. The molecule has 0 aliphatic heterocycles. The van der Waals surface area contributed by atoms with Gasteiger partial charge in [0, 0.05) is 18.2 Å². The van der Waals surface area contributed by atoms with Gasteiger partial charge < -0.3 is 10.4 Å². The Morgan fingerprint density at radius 2 is 2.06 bits per heavy atom. The van der Waals surface area contributed by atoms with Crippen molar-refractivity contribution in [3.8, 4) is 5.75 Å². The lowest BCUT2D eigenvalue weighted by atomic mass is 9.93. The highest BCUT2D eigenvalue weighted by Crippen LogP contribution is 2.34. The first-order valence-electron chi connectivity index (χ1n) is 6.72. The summed E-state index contributed by atoms with van der Waals surface area (Å²) in [6.07, 6.45) is 3.90. The van der Waals surface area contributed by atoms with Gasteiger partial charge in [0.1, 0.15) is 5.75 Å². The number of rotatable bonds is 4. The van der Waals surface area contributed by atoms with Crippen molar-refractivity contribution in [1.29, 1.82) is 0 Å². The Morgan fingerprint density at radius 1 is 1.29 bits per heavy atom. The van der Waals surface area contributed by atoms with Crippen molar-refractivity contribution in [3.63, 3.8) is 0 Å². The third-order valence-electron chi connectivity index (χ3n) is 4.30. The van der Waals surface area contributed by atoms with E-state index in [4.69, 9.17) is 0 Å². The molecule has 2 N–H and O–H groups in total. The molecule has 0 radical (unpaired) electrons. The highest BCUT2D eigenvalue weighted by molar-refractivity contribution is 5.31. The second-order valence-electron chi connectivity index (χ2n) is 5.22. The van der Waals surface area contributed by atoms with E-state index in [9.17, 15) is 5.11 Å². The normalized spacial score (nSPS) is 28.5. The quantitative estimate of drug-likeness (QED) is 0.836. The summed E-state index contributed by atoms with van der Waals surface area (Å²) in [5.41, 5.74) is 1.000. The maximum absolute atomic E-state index is 9.71. The molecule has 2 rings (SSSR count). The number of phenols is 1. The van der Waals surface area contributed by atoms with E-state index in [1.54, 1.807) is 6.07 Å². The largest absolute Gasteiger partial charge is 0.508 e. The number of aromatic hydroxyl groups is 1. The molecular weight excluding hydrogens is 210 g/mol. The monoisotopic (exact) mass is 233 g/mol. The first kappa shape index (κ1) is 12.4. The van der Waals surface area contributed by atoms with Gasteiger partial charge in [-0.15, -0.1) is 0 Å². The van der Waals surface area contributed by atoms with Crippen molar-refractivity contribution in [2.45, 2.75) is 45.7 Å². The number of hydrogen-bond donors (Lipinski definition) is 2. The fraction of sp³-hybridized carbons (Fsp3) is 0.600. The van der Waals surface area contributed by atoms with Crippen LogP contribution in [0, 0.1) is 11.8 Å². The van der Waals surface area contributed by atoms with Crippen LogP contribution in [0.5, 0.6) is 5.75 Å². The van der Waals surface area contributed by atoms with Crippen LogP contribution < -0.4 is 5.32 Å². The van der Waals surface area contributed by atoms with Crippen LogP contribution in [0.1, 0.15) is 38.7 Å². The third-order valence-corrected chi connectivity index (χ3v) is 4.30. The van der Waals surface area contributed by atoms with Gasteiger partial charge in [-0.25, -0.2) is 0 Å². The van der Waals surface area contributed by atoms with E-state index in [2.05, 4.69) is 19.2 Å². The summed E-state index contributed by atoms with van der Waals surface area (Å²) < 4.78 is 0. The van der Waals surface area contributed by atoms with Crippen LogP contribution in [-0.4, -0.2) is 11.1 Å². The van der Waals surface area contributed by atoms with Gasteiger partial charge in [-0.1, -0.05) is 38.5 Å². The Kier molecular flexibility index (Phi) is 4.06. The molecule has 3 unspecified atom stereocenters. The number of benzene rings is 1. The Balaban J connectivity index is 1.89. The van der Waals surface area contributed by atoms with Gasteiger partial charge in [0.15, 0.2) is 0 Å². The summed E-state index contributed by atoms with van der Waals surface area (Å²) in [7, 11) is 0. The molecule has 1 fully saturated rings. The van der Waals surface area contributed by atoms with E-state index in [1.165, 1.54) is 19.3 Å². The van der Waals surface area contributed by atoms with E-state index in [0.29, 0.717) is 11.8 Å². The van der Waals surface area contributed by atoms with Crippen LogP contribution in [0.2, 0.25) is 0 Å². The van der Waals surface area contributed by atoms with E-state index in [0.717, 1.165) is 23.9 Å². The second kappa shape index (κ2) is 5.54. The van der Waals surface area contributed by atoms with Crippen molar-refractivity contribution < 1.29 is 5.11 Å². The van der Waals surface area contributed by atoms with Crippen LogP contribution in [-0.2, 0) is 6.54 Å². The van der Waals surface area contributed by atoms with E-state index >= 15 is 0 Å². The lowest BCUT2D eigenvalue weighted by molar-refractivity contribution is 0.342. The molecule has 0 saturated heterocycles. The van der Waals surface area contributed by atoms with Gasteiger partial charge in [0.2, 0.25) is 0 Å². The number of para-hydroxylation sites is 1. The zero-order chi connectivity index (χ0) is 12.3. The van der Waals surface area contributed by atoms with Crippen molar-refractivity contribution in [1.82, 2.24) is 5.32 Å². The summed E-state index contributed by atoms with van der Waals surface area (Å²) in [5.74, 6) is 2.03. The van der Waals surface area contributed by atoms with E-state index in [-0.39, 0.29) is 0 Å². The number of phenolic OH excluding ortho intramolecular Hbond substituents is 1. The van der Waals surface area contributed by atoms with Crippen molar-refractivity contribution >= 4 is 0 Å². The number of hydrogen-bond acceptors (Lipinski definition) is 2. The maximum Gasteiger partial charge on any atom is 0.120 e. The molecule has 3 atom stereocenters. The molecule has 1 aromatic rings. The molecule has 0 bridgehead atoms. The molecule has 17 heavy (non-hydrogen) atoms. The highest BCUT2D eigenvalue weighted by Gasteiger charge is 2.30. The van der Waals surface area contributed by atoms with E-state index < -0.39 is 0 Å². The summed E-state index contributed by atoms with van der Waals surface area (Å²) in [6, 6.07) is 8.19. The molecule has 94 valence electrons. The van der Waals surface area contributed by atoms with E-state index in [1.807, 2.05) is 18.2 Å². The number of nitrogens with one attached hydrogen (secondary N) is 1. The molecule has 0 heterocycles. The predicted molar refractivity (Wildman–Crippen MR) is 70.9 cm³/mol. The highest BCUT2D eigenvalue weighted by atomic mass is 16.3. The van der Waals surface area contributed by atoms with Gasteiger partial charge in [-0.05, 0) is 30.7 Å². The minimum Gasteiger partial charge on any atom is -0.508 e. The molecule has 0 aromatic heterocycles. The summed E-state index contributed by atoms with van der Waals surface area (Å²) >= 11 is 0. The molecule has 1 aliphatic rings. The zero-order valence-electron chi connectivity index (χ0n) is 10.8. The lowest BCUT2D eigenvalue weighted by Gasteiger charge is -2.21.